The molecule has 1 aromatic carbocycles. The van der Waals surface area contributed by atoms with Crippen molar-refractivity contribution < 1.29 is 9.47 Å². The zero-order valence-corrected chi connectivity index (χ0v) is 13.5. The zero-order valence-electron chi connectivity index (χ0n) is 12.7. The number of methoxy groups -OCH3 is 1. The molecule has 1 heterocycles. The Morgan fingerprint density at radius 2 is 1.86 bits per heavy atom. The molecule has 0 spiro atoms. The first kappa shape index (κ1) is 15.7. The van der Waals surface area contributed by atoms with Gasteiger partial charge in [0.2, 0.25) is 0 Å². The van der Waals surface area contributed by atoms with Gasteiger partial charge in [-0.05, 0) is 44.0 Å². The molecule has 0 atom stereocenters. The highest BCUT2D eigenvalue weighted by molar-refractivity contribution is 6.29. The first-order valence-electron chi connectivity index (χ1n) is 6.82. The smallest absolute Gasteiger partial charge is 0.156 e. The maximum absolute atomic E-state index is 6.10. The highest BCUT2D eigenvalue weighted by atomic mass is 35.5. The van der Waals surface area contributed by atoms with E-state index in [1.54, 1.807) is 13.2 Å². The Kier molecular flexibility index (Phi) is 5.15. The summed E-state index contributed by atoms with van der Waals surface area (Å²) in [5.41, 5.74) is 3.96. The quantitative estimate of drug-likeness (QED) is 0.784. The molecule has 0 amide bonds. The van der Waals surface area contributed by atoms with Crippen LogP contribution in [0, 0.1) is 13.8 Å². The van der Waals surface area contributed by atoms with Crippen LogP contribution in [0.4, 0.5) is 0 Å². The number of benzene rings is 1. The maximum Gasteiger partial charge on any atom is 0.156 e. The average molecular weight is 307 g/mol. The van der Waals surface area contributed by atoms with E-state index in [0.717, 1.165) is 28.1 Å². The number of hydrogen-bond acceptors (Lipinski definition) is 4. The second-order valence-electron chi connectivity index (χ2n) is 4.77. The van der Waals surface area contributed by atoms with Gasteiger partial charge in [0.15, 0.2) is 5.82 Å². The van der Waals surface area contributed by atoms with Crippen molar-refractivity contribution in [3.8, 4) is 17.0 Å². The maximum atomic E-state index is 6.10. The Morgan fingerprint density at radius 3 is 2.52 bits per heavy atom. The van der Waals surface area contributed by atoms with Gasteiger partial charge in [-0.15, -0.1) is 0 Å². The van der Waals surface area contributed by atoms with Gasteiger partial charge in [0.25, 0.3) is 0 Å². The van der Waals surface area contributed by atoms with Gasteiger partial charge < -0.3 is 9.47 Å². The Hall–Kier alpha value is -1.65. The highest BCUT2D eigenvalue weighted by Gasteiger charge is 2.11. The number of nitrogens with zero attached hydrogens (tertiary/aromatic N) is 2. The first-order chi connectivity index (χ1) is 10.0. The van der Waals surface area contributed by atoms with E-state index in [4.69, 9.17) is 21.1 Å². The molecule has 2 aromatic rings. The molecule has 112 valence electrons. The van der Waals surface area contributed by atoms with E-state index in [-0.39, 0.29) is 0 Å². The summed E-state index contributed by atoms with van der Waals surface area (Å²) in [6.07, 6.45) is 0. The molecule has 0 unspecified atom stereocenters. The summed E-state index contributed by atoms with van der Waals surface area (Å²) in [7, 11) is 1.67. The van der Waals surface area contributed by atoms with Gasteiger partial charge in [0.05, 0.1) is 12.8 Å². The molecule has 0 aliphatic carbocycles. The van der Waals surface area contributed by atoms with Crippen molar-refractivity contribution in [2.24, 2.45) is 0 Å². The lowest BCUT2D eigenvalue weighted by molar-refractivity contribution is 0.128. The normalized spacial score (nSPS) is 10.7. The van der Waals surface area contributed by atoms with Crippen LogP contribution in [0.25, 0.3) is 11.3 Å². The largest absolute Gasteiger partial charge is 0.496 e. The molecular weight excluding hydrogens is 288 g/mol. The average Bonchev–Trinajstić information content (AvgIpc) is 2.46. The number of aryl methyl sites for hydroxylation is 2. The van der Waals surface area contributed by atoms with E-state index >= 15 is 0 Å². The fourth-order valence-electron chi connectivity index (χ4n) is 2.15. The molecule has 4 nitrogen and oxygen atoms in total. The van der Waals surface area contributed by atoms with Gasteiger partial charge in [0, 0.05) is 18.2 Å². The minimum Gasteiger partial charge on any atom is -0.496 e. The van der Waals surface area contributed by atoms with Crippen molar-refractivity contribution in [2.75, 3.05) is 13.7 Å². The molecule has 0 fully saturated rings. The Morgan fingerprint density at radius 1 is 1.10 bits per heavy atom. The summed E-state index contributed by atoms with van der Waals surface area (Å²) in [4.78, 5) is 8.72. The summed E-state index contributed by atoms with van der Waals surface area (Å²) < 4.78 is 10.7. The van der Waals surface area contributed by atoms with Crippen LogP contribution in [0.1, 0.15) is 23.9 Å². The van der Waals surface area contributed by atoms with E-state index in [1.807, 2.05) is 26.8 Å². The van der Waals surface area contributed by atoms with Crippen LogP contribution in [0.5, 0.6) is 5.75 Å². The van der Waals surface area contributed by atoms with Crippen LogP contribution in [-0.4, -0.2) is 23.7 Å². The fraction of sp³-hybridized carbons (Fsp3) is 0.375. The molecule has 0 N–H and O–H groups in total. The Labute approximate surface area is 130 Å². The SMILES string of the molecule is CCOCc1nc(Cl)cc(-c2cc(C)c(OC)cc2C)n1. The molecule has 2 rings (SSSR count). The third kappa shape index (κ3) is 3.71. The summed E-state index contributed by atoms with van der Waals surface area (Å²) >= 11 is 6.10. The molecule has 21 heavy (non-hydrogen) atoms. The lowest BCUT2D eigenvalue weighted by atomic mass is 10.0. The van der Waals surface area contributed by atoms with Gasteiger partial charge in [-0.3, -0.25) is 0 Å². The third-order valence-corrected chi connectivity index (χ3v) is 3.39. The van der Waals surface area contributed by atoms with Crippen molar-refractivity contribution >= 4 is 11.6 Å². The van der Waals surface area contributed by atoms with Gasteiger partial charge in [-0.25, -0.2) is 9.97 Å². The summed E-state index contributed by atoms with van der Waals surface area (Å²) in [5.74, 6) is 1.46. The van der Waals surface area contributed by atoms with Crippen LogP contribution in [0.3, 0.4) is 0 Å². The van der Waals surface area contributed by atoms with Crippen molar-refractivity contribution in [2.45, 2.75) is 27.4 Å². The summed E-state index contributed by atoms with van der Waals surface area (Å²) in [6.45, 7) is 6.94. The third-order valence-electron chi connectivity index (χ3n) is 3.19. The van der Waals surface area contributed by atoms with Crippen LogP contribution in [-0.2, 0) is 11.3 Å². The number of aromatic nitrogens is 2. The fourth-order valence-corrected chi connectivity index (χ4v) is 2.35. The minimum atomic E-state index is 0.359. The topological polar surface area (TPSA) is 44.2 Å². The molecule has 0 aliphatic rings. The van der Waals surface area contributed by atoms with Crippen LogP contribution in [0.2, 0.25) is 5.15 Å². The molecule has 1 aromatic heterocycles. The Bertz CT molecular complexity index is 644. The molecule has 0 saturated heterocycles. The van der Waals surface area contributed by atoms with Crippen LogP contribution in [0.15, 0.2) is 18.2 Å². The molecule has 0 bridgehead atoms. The lowest BCUT2D eigenvalue weighted by Crippen LogP contribution is -2.01. The summed E-state index contributed by atoms with van der Waals surface area (Å²) in [6, 6.07) is 5.82. The zero-order chi connectivity index (χ0) is 15.4. The minimum absolute atomic E-state index is 0.359. The van der Waals surface area contributed by atoms with Gasteiger partial charge in [0.1, 0.15) is 17.5 Å². The van der Waals surface area contributed by atoms with Crippen LogP contribution < -0.4 is 4.74 Å². The van der Waals surface area contributed by atoms with Gasteiger partial charge in [-0.2, -0.15) is 0 Å². The molecule has 0 saturated carbocycles. The van der Waals surface area contributed by atoms with E-state index in [2.05, 4.69) is 16.0 Å². The van der Waals surface area contributed by atoms with Crippen LogP contribution >= 0.6 is 11.6 Å². The van der Waals surface area contributed by atoms with Crippen molar-refractivity contribution in [1.82, 2.24) is 9.97 Å². The molecular formula is C16H19ClN2O2. The second kappa shape index (κ2) is 6.87. The monoisotopic (exact) mass is 306 g/mol. The van der Waals surface area contributed by atoms with Crippen molar-refractivity contribution in [3.05, 3.63) is 40.3 Å². The Balaban J connectivity index is 2.46. The predicted octanol–water partition coefficient (Wildman–Crippen LogP) is 3.96. The number of rotatable bonds is 5. The number of halogens is 1. The van der Waals surface area contributed by atoms with E-state index in [1.165, 1.54) is 0 Å². The van der Waals surface area contributed by atoms with E-state index in [0.29, 0.717) is 24.2 Å². The highest BCUT2D eigenvalue weighted by Crippen LogP contribution is 2.30. The van der Waals surface area contributed by atoms with Gasteiger partial charge in [-0.1, -0.05) is 11.6 Å². The molecule has 0 radical (unpaired) electrons. The first-order valence-corrected chi connectivity index (χ1v) is 7.19. The van der Waals surface area contributed by atoms with E-state index < -0.39 is 0 Å². The lowest BCUT2D eigenvalue weighted by Gasteiger charge is -2.12. The van der Waals surface area contributed by atoms with Gasteiger partial charge >= 0.3 is 0 Å². The summed E-state index contributed by atoms with van der Waals surface area (Å²) in [5, 5.41) is 0.419. The second-order valence-corrected chi connectivity index (χ2v) is 5.15. The number of ether oxygens (including phenoxy) is 2. The van der Waals surface area contributed by atoms with Crippen molar-refractivity contribution in [1.29, 1.82) is 0 Å². The molecule has 5 heteroatoms. The standard InChI is InChI=1S/C16H19ClN2O2/c1-5-21-9-16-18-13(8-15(17)19-16)12-6-11(3)14(20-4)7-10(12)2/h6-8H,5,9H2,1-4H3. The predicted molar refractivity (Wildman–Crippen MR) is 83.8 cm³/mol. The van der Waals surface area contributed by atoms with Crippen molar-refractivity contribution in [3.63, 3.8) is 0 Å². The number of hydrogen-bond donors (Lipinski definition) is 0. The molecule has 0 aliphatic heterocycles. The van der Waals surface area contributed by atoms with E-state index in [9.17, 15) is 0 Å².